The van der Waals surface area contributed by atoms with Crippen LogP contribution in [0.15, 0.2) is 70.3 Å². The summed E-state index contributed by atoms with van der Waals surface area (Å²) in [5, 5.41) is 4.26. The Morgan fingerprint density at radius 1 is 1.09 bits per heavy atom. The third-order valence-electron chi connectivity index (χ3n) is 4.34. The van der Waals surface area contributed by atoms with Crippen molar-refractivity contribution in [1.29, 1.82) is 0 Å². The molecule has 0 atom stereocenters. The number of rotatable bonds is 10. The highest BCUT2D eigenvalue weighted by Crippen LogP contribution is 2.26. The van der Waals surface area contributed by atoms with Gasteiger partial charge in [0.15, 0.2) is 6.61 Å². The number of carbonyl (C=O) groups is 1. The van der Waals surface area contributed by atoms with Gasteiger partial charge in [0, 0.05) is 19.2 Å². The van der Waals surface area contributed by atoms with E-state index in [0.717, 1.165) is 15.6 Å². The van der Waals surface area contributed by atoms with Crippen LogP contribution < -0.4 is 19.1 Å². The highest BCUT2D eigenvalue weighted by Gasteiger charge is 2.22. The fourth-order valence-corrected chi connectivity index (χ4v) is 5.05. The van der Waals surface area contributed by atoms with E-state index in [1.807, 2.05) is 0 Å². The van der Waals surface area contributed by atoms with Crippen LogP contribution in [-0.2, 0) is 21.4 Å². The molecule has 0 aliphatic heterocycles. The molecule has 0 aliphatic carbocycles. The average Bonchev–Trinajstić information content (AvgIpc) is 3.32. The first kappa shape index (κ1) is 23.5. The zero-order chi connectivity index (χ0) is 23.1. The van der Waals surface area contributed by atoms with E-state index >= 15 is 0 Å². The molecule has 11 heteroatoms. The van der Waals surface area contributed by atoms with Crippen molar-refractivity contribution in [3.05, 3.63) is 71.6 Å². The number of hydrogen-bond donors (Lipinski definition) is 1. The van der Waals surface area contributed by atoms with Crippen molar-refractivity contribution >= 4 is 33.0 Å². The number of nitrogens with zero attached hydrogens (tertiary/aromatic N) is 1. The van der Waals surface area contributed by atoms with Gasteiger partial charge < -0.3 is 14.8 Å². The fraction of sp³-hybridized carbons (Fsp3) is 0.190. The number of halogens is 2. The Labute approximate surface area is 188 Å². The Bertz CT molecular complexity index is 1140. The first-order valence-electron chi connectivity index (χ1n) is 9.32. The maximum absolute atomic E-state index is 12.6. The molecular formula is C21H20F2N2O5S2. The molecule has 0 saturated heterocycles. The number of alkyl halides is 2. The molecule has 2 aromatic carbocycles. The van der Waals surface area contributed by atoms with Crippen molar-refractivity contribution in [2.24, 2.45) is 0 Å². The molecule has 0 unspecified atom stereocenters. The van der Waals surface area contributed by atoms with Crippen LogP contribution in [0.3, 0.4) is 0 Å². The van der Waals surface area contributed by atoms with E-state index in [0.29, 0.717) is 17.0 Å². The number of benzene rings is 2. The number of sulfonamides is 1. The lowest BCUT2D eigenvalue weighted by Gasteiger charge is -2.18. The third kappa shape index (κ3) is 5.95. The summed E-state index contributed by atoms with van der Waals surface area (Å²) in [6, 6.07) is 15.6. The van der Waals surface area contributed by atoms with Crippen LogP contribution >= 0.6 is 11.3 Å². The monoisotopic (exact) mass is 482 g/mol. The summed E-state index contributed by atoms with van der Waals surface area (Å²) in [6.07, 6.45) is 0. The van der Waals surface area contributed by atoms with Crippen LogP contribution in [0.1, 0.15) is 5.56 Å². The van der Waals surface area contributed by atoms with Crippen LogP contribution in [0.5, 0.6) is 11.5 Å². The maximum Gasteiger partial charge on any atom is 0.387 e. The zero-order valence-electron chi connectivity index (χ0n) is 16.9. The second-order valence-electron chi connectivity index (χ2n) is 6.45. The molecule has 1 amide bonds. The van der Waals surface area contributed by atoms with E-state index in [-0.39, 0.29) is 23.1 Å². The number of ether oxygens (including phenoxy) is 2. The smallest absolute Gasteiger partial charge is 0.387 e. The van der Waals surface area contributed by atoms with Crippen molar-refractivity contribution in [2.75, 3.05) is 18.0 Å². The van der Waals surface area contributed by atoms with Gasteiger partial charge in [-0.3, -0.25) is 9.10 Å². The van der Waals surface area contributed by atoms with Gasteiger partial charge in [-0.25, -0.2) is 8.42 Å². The first-order chi connectivity index (χ1) is 15.3. The van der Waals surface area contributed by atoms with Crippen molar-refractivity contribution in [2.45, 2.75) is 17.4 Å². The number of amides is 1. The van der Waals surface area contributed by atoms with Crippen molar-refractivity contribution in [3.63, 3.8) is 0 Å². The molecule has 3 rings (SSSR count). The molecule has 0 saturated carbocycles. The lowest BCUT2D eigenvalue weighted by Crippen LogP contribution is -2.28. The summed E-state index contributed by atoms with van der Waals surface area (Å²) in [6.45, 7) is -3.27. The molecule has 0 radical (unpaired) electrons. The molecule has 32 heavy (non-hydrogen) atoms. The van der Waals surface area contributed by atoms with Crippen LogP contribution in [0.4, 0.5) is 14.5 Å². The predicted molar refractivity (Wildman–Crippen MR) is 117 cm³/mol. The fourth-order valence-electron chi connectivity index (χ4n) is 2.69. The number of para-hydroxylation sites is 1. The zero-order valence-corrected chi connectivity index (χ0v) is 18.5. The lowest BCUT2D eigenvalue weighted by molar-refractivity contribution is -0.123. The Kier molecular flexibility index (Phi) is 7.65. The summed E-state index contributed by atoms with van der Waals surface area (Å²) in [5.74, 6) is -0.105. The topological polar surface area (TPSA) is 84.9 Å². The van der Waals surface area contributed by atoms with Gasteiger partial charge in [-0.1, -0.05) is 24.3 Å². The summed E-state index contributed by atoms with van der Waals surface area (Å²) in [5.41, 5.74) is 0.839. The maximum atomic E-state index is 12.6. The van der Waals surface area contributed by atoms with Crippen molar-refractivity contribution in [1.82, 2.24) is 5.32 Å². The minimum Gasteiger partial charge on any atom is -0.484 e. The van der Waals surface area contributed by atoms with Crippen LogP contribution in [0, 0.1) is 0 Å². The SMILES string of the molecule is CN(c1ccc(OCC(=O)NCc2ccccc2OC(F)F)cc1)S(=O)(=O)c1cccs1. The predicted octanol–water partition coefficient (Wildman–Crippen LogP) is 3.87. The van der Waals surface area contributed by atoms with E-state index < -0.39 is 22.5 Å². The lowest BCUT2D eigenvalue weighted by atomic mass is 10.2. The van der Waals surface area contributed by atoms with E-state index in [1.54, 1.807) is 53.9 Å². The van der Waals surface area contributed by atoms with Crippen molar-refractivity contribution < 1.29 is 31.5 Å². The van der Waals surface area contributed by atoms with Gasteiger partial charge in [-0.15, -0.1) is 11.3 Å². The molecular weight excluding hydrogens is 462 g/mol. The van der Waals surface area contributed by atoms with Gasteiger partial charge in [-0.05, 0) is 41.8 Å². The van der Waals surface area contributed by atoms with E-state index in [1.165, 1.54) is 19.2 Å². The van der Waals surface area contributed by atoms with Gasteiger partial charge in [0.25, 0.3) is 15.9 Å². The molecule has 7 nitrogen and oxygen atoms in total. The van der Waals surface area contributed by atoms with E-state index in [9.17, 15) is 22.0 Å². The van der Waals surface area contributed by atoms with E-state index in [2.05, 4.69) is 10.1 Å². The van der Waals surface area contributed by atoms with Gasteiger partial charge in [0.2, 0.25) is 0 Å². The molecule has 3 aromatic rings. The largest absolute Gasteiger partial charge is 0.484 e. The Hall–Kier alpha value is -3.18. The number of hydrogen-bond acceptors (Lipinski definition) is 6. The Morgan fingerprint density at radius 3 is 2.47 bits per heavy atom. The Morgan fingerprint density at radius 2 is 1.81 bits per heavy atom. The van der Waals surface area contributed by atoms with Gasteiger partial charge in [0.1, 0.15) is 15.7 Å². The first-order valence-corrected chi connectivity index (χ1v) is 11.6. The number of nitrogens with one attached hydrogen (secondary N) is 1. The van der Waals surface area contributed by atoms with E-state index in [4.69, 9.17) is 4.74 Å². The Balaban J connectivity index is 1.53. The van der Waals surface area contributed by atoms with Crippen LogP contribution in [-0.4, -0.2) is 34.6 Å². The molecule has 0 fully saturated rings. The number of anilines is 1. The van der Waals surface area contributed by atoms with Gasteiger partial charge in [0.05, 0.1) is 5.69 Å². The average molecular weight is 483 g/mol. The second kappa shape index (κ2) is 10.4. The summed E-state index contributed by atoms with van der Waals surface area (Å²) >= 11 is 1.13. The summed E-state index contributed by atoms with van der Waals surface area (Å²) in [4.78, 5) is 12.0. The standard InChI is InChI=1S/C21H20F2N2O5S2/c1-25(32(27,28)20-7-4-12-31-20)16-8-10-17(11-9-16)29-14-19(26)24-13-15-5-2-3-6-18(15)30-21(22)23/h2-12,21H,13-14H2,1H3,(H,24,26). The molecule has 0 spiro atoms. The molecule has 0 bridgehead atoms. The molecule has 1 N–H and O–H groups in total. The highest BCUT2D eigenvalue weighted by molar-refractivity contribution is 7.94. The quantitative estimate of drug-likeness (QED) is 0.474. The third-order valence-corrected chi connectivity index (χ3v) is 7.50. The minimum absolute atomic E-state index is 0.00456. The van der Waals surface area contributed by atoms with Gasteiger partial charge in [-0.2, -0.15) is 8.78 Å². The molecule has 170 valence electrons. The normalized spacial score (nSPS) is 11.2. The van der Waals surface area contributed by atoms with Gasteiger partial charge >= 0.3 is 6.61 Å². The molecule has 1 heterocycles. The number of carbonyl (C=O) groups excluding carboxylic acids is 1. The molecule has 1 aromatic heterocycles. The van der Waals surface area contributed by atoms with Crippen molar-refractivity contribution in [3.8, 4) is 11.5 Å². The summed E-state index contributed by atoms with van der Waals surface area (Å²) in [7, 11) is -2.19. The van der Waals surface area contributed by atoms with Crippen LogP contribution in [0.25, 0.3) is 0 Å². The minimum atomic E-state index is -3.64. The van der Waals surface area contributed by atoms with Crippen LogP contribution in [0.2, 0.25) is 0 Å². The second-order valence-corrected chi connectivity index (χ2v) is 9.59. The highest BCUT2D eigenvalue weighted by atomic mass is 32.2. The number of thiophene rings is 1. The molecule has 0 aliphatic rings. The summed E-state index contributed by atoms with van der Waals surface area (Å²) < 4.78 is 61.3.